The topological polar surface area (TPSA) is 65.0 Å². The van der Waals surface area contributed by atoms with Crippen molar-refractivity contribution in [1.82, 2.24) is 0 Å². The van der Waals surface area contributed by atoms with Gasteiger partial charge in [0.2, 0.25) is 0 Å². The average Bonchev–Trinajstić information content (AvgIpc) is 3.34. The van der Waals surface area contributed by atoms with Crippen molar-refractivity contribution in [2.24, 2.45) is 0 Å². The van der Waals surface area contributed by atoms with Gasteiger partial charge >= 0.3 is 5.92 Å². The lowest BCUT2D eigenvalue weighted by molar-refractivity contribution is -0.185. The molecule has 0 saturated heterocycles. The molecular weight excluding hydrogens is 406 g/mol. The second-order valence-electron chi connectivity index (χ2n) is 8.19. The van der Waals surface area contributed by atoms with Gasteiger partial charge in [0.1, 0.15) is 23.2 Å². The Morgan fingerprint density at radius 3 is 2.58 bits per heavy atom. The van der Waals surface area contributed by atoms with Crippen LogP contribution in [-0.4, -0.2) is 30.4 Å². The number of carbonyl (C=O) groups is 1. The van der Waals surface area contributed by atoms with Gasteiger partial charge in [0.25, 0.3) is 5.97 Å². The molecule has 4 rings (SSSR count). The smallest absolute Gasteiger partial charge is 0.301 e. The monoisotopic (exact) mass is 434 g/mol. The van der Waals surface area contributed by atoms with Crippen molar-refractivity contribution >= 4 is 5.97 Å². The van der Waals surface area contributed by atoms with E-state index in [1.54, 1.807) is 6.07 Å². The third-order valence-corrected chi connectivity index (χ3v) is 5.77. The summed E-state index contributed by atoms with van der Waals surface area (Å²) in [5.41, 5.74) is 1.14. The lowest BCUT2D eigenvalue weighted by Crippen LogP contribution is -2.42. The fraction of sp³-hybridized carbons (Fsp3) is 0.458. The molecule has 1 aliphatic heterocycles. The number of benzene rings is 2. The first-order valence-corrected chi connectivity index (χ1v) is 10.2. The molecule has 1 aliphatic carbocycles. The fourth-order valence-corrected chi connectivity index (χ4v) is 3.87. The number of halogens is 2. The van der Waals surface area contributed by atoms with Gasteiger partial charge in [-0.15, -0.1) is 0 Å². The largest absolute Gasteiger partial charge is 0.493 e. The van der Waals surface area contributed by atoms with E-state index in [2.05, 4.69) is 0 Å². The van der Waals surface area contributed by atoms with Gasteiger partial charge in [0.05, 0.1) is 6.61 Å². The van der Waals surface area contributed by atoms with E-state index >= 15 is 8.78 Å². The molecule has 2 aliphatic rings. The fourth-order valence-electron chi connectivity index (χ4n) is 3.87. The first kappa shape index (κ1) is 23.0. The standard InChI is InChI=1S/C22H24F2O3.C2H4O2/c1-21(2,25-3)22(23,24)18-6-4-5-17-16(18)9-10-19(17)27-15-8-7-14-11-12-26-20(14)13-15;1-2(3)4/h4-8,13,19H,9-12H2,1-3H3;1H3,(H,3,4). The van der Waals surface area contributed by atoms with Crippen molar-refractivity contribution < 1.29 is 32.9 Å². The zero-order valence-corrected chi connectivity index (χ0v) is 18.2. The van der Waals surface area contributed by atoms with E-state index in [4.69, 9.17) is 24.1 Å². The lowest BCUT2D eigenvalue weighted by Gasteiger charge is -2.34. The van der Waals surface area contributed by atoms with Crippen molar-refractivity contribution in [2.45, 2.75) is 57.7 Å². The zero-order valence-electron chi connectivity index (χ0n) is 18.2. The summed E-state index contributed by atoms with van der Waals surface area (Å²) in [6, 6.07) is 10.9. The minimum atomic E-state index is -3.09. The zero-order chi connectivity index (χ0) is 22.8. The molecule has 0 fully saturated rings. The lowest BCUT2D eigenvalue weighted by atomic mass is 9.88. The first-order chi connectivity index (χ1) is 14.6. The summed E-state index contributed by atoms with van der Waals surface area (Å²) in [4.78, 5) is 9.00. The van der Waals surface area contributed by atoms with Crippen LogP contribution in [0.5, 0.6) is 11.5 Å². The number of alkyl halides is 2. The van der Waals surface area contributed by atoms with Crippen LogP contribution in [0.15, 0.2) is 36.4 Å². The molecule has 2 aromatic carbocycles. The Kier molecular flexibility index (Phi) is 6.55. The minimum Gasteiger partial charge on any atom is -0.493 e. The summed E-state index contributed by atoms with van der Waals surface area (Å²) in [5, 5.41) is 7.42. The molecule has 0 radical (unpaired) electrons. The van der Waals surface area contributed by atoms with Gasteiger partial charge in [0, 0.05) is 32.1 Å². The van der Waals surface area contributed by atoms with Crippen LogP contribution in [-0.2, 0) is 28.3 Å². The number of ether oxygens (including phenoxy) is 3. The molecule has 0 bridgehead atoms. The van der Waals surface area contributed by atoms with Crippen LogP contribution in [0.25, 0.3) is 0 Å². The van der Waals surface area contributed by atoms with E-state index in [1.165, 1.54) is 32.6 Å². The summed E-state index contributed by atoms with van der Waals surface area (Å²) in [5.74, 6) is -2.36. The predicted octanol–water partition coefficient (Wildman–Crippen LogP) is 5.30. The molecule has 1 N–H and O–H groups in total. The molecular formula is C24H28F2O5. The maximum Gasteiger partial charge on any atom is 0.301 e. The van der Waals surface area contributed by atoms with E-state index in [-0.39, 0.29) is 11.7 Å². The van der Waals surface area contributed by atoms with Crippen molar-refractivity contribution in [3.63, 3.8) is 0 Å². The van der Waals surface area contributed by atoms with Crippen LogP contribution >= 0.6 is 0 Å². The van der Waals surface area contributed by atoms with Crippen molar-refractivity contribution in [1.29, 1.82) is 0 Å². The van der Waals surface area contributed by atoms with E-state index in [9.17, 15) is 0 Å². The van der Waals surface area contributed by atoms with Gasteiger partial charge in [-0.25, -0.2) is 0 Å². The second-order valence-corrected chi connectivity index (χ2v) is 8.19. The summed E-state index contributed by atoms with van der Waals surface area (Å²) in [6.45, 7) is 4.61. The number of hydrogen-bond acceptors (Lipinski definition) is 4. The van der Waals surface area contributed by atoms with E-state index < -0.39 is 17.5 Å². The molecule has 168 valence electrons. The molecule has 7 heteroatoms. The number of carboxylic acid groups (broad SMARTS) is 1. The maximum absolute atomic E-state index is 15.1. The quantitative estimate of drug-likeness (QED) is 0.692. The number of methoxy groups -OCH3 is 1. The third kappa shape index (κ3) is 4.66. The Labute approximate surface area is 180 Å². The minimum absolute atomic E-state index is 0.0373. The second kappa shape index (κ2) is 8.83. The van der Waals surface area contributed by atoms with Gasteiger partial charge in [0.15, 0.2) is 0 Å². The van der Waals surface area contributed by atoms with E-state index in [1.807, 2.05) is 24.3 Å². The highest BCUT2D eigenvalue weighted by atomic mass is 19.3. The van der Waals surface area contributed by atoms with Crippen LogP contribution in [0.4, 0.5) is 8.78 Å². The molecule has 1 unspecified atom stereocenters. The average molecular weight is 434 g/mol. The molecule has 2 aromatic rings. The van der Waals surface area contributed by atoms with Gasteiger partial charge in [-0.1, -0.05) is 24.3 Å². The highest BCUT2D eigenvalue weighted by Gasteiger charge is 2.50. The Morgan fingerprint density at radius 2 is 1.90 bits per heavy atom. The summed E-state index contributed by atoms with van der Waals surface area (Å²) < 4.78 is 47.1. The van der Waals surface area contributed by atoms with Gasteiger partial charge in [-0.3, -0.25) is 4.79 Å². The SMILES string of the molecule is CC(=O)O.COC(C)(C)C(F)(F)c1cccc2c1CCC2Oc1ccc2c(c1)OCC2. The third-order valence-electron chi connectivity index (χ3n) is 5.77. The molecule has 5 nitrogen and oxygen atoms in total. The van der Waals surface area contributed by atoms with Crippen molar-refractivity contribution in [3.05, 3.63) is 58.7 Å². The predicted molar refractivity (Wildman–Crippen MR) is 112 cm³/mol. The van der Waals surface area contributed by atoms with Gasteiger partial charge in [-0.2, -0.15) is 8.78 Å². The highest BCUT2D eigenvalue weighted by molar-refractivity contribution is 5.63. The summed E-state index contributed by atoms with van der Waals surface area (Å²) in [6.07, 6.45) is 1.91. The van der Waals surface area contributed by atoms with Gasteiger partial charge in [-0.05, 0) is 49.4 Å². The van der Waals surface area contributed by atoms with Gasteiger partial charge < -0.3 is 19.3 Å². The normalized spacial score (nSPS) is 17.2. The molecule has 0 aromatic heterocycles. The first-order valence-electron chi connectivity index (χ1n) is 10.2. The van der Waals surface area contributed by atoms with Crippen LogP contribution in [0.1, 0.15) is 55.5 Å². The molecule has 0 spiro atoms. The molecule has 31 heavy (non-hydrogen) atoms. The number of carboxylic acids is 1. The Morgan fingerprint density at radius 1 is 1.19 bits per heavy atom. The molecule has 1 atom stereocenters. The number of hydrogen-bond donors (Lipinski definition) is 1. The van der Waals surface area contributed by atoms with Crippen molar-refractivity contribution in [3.8, 4) is 11.5 Å². The Balaban J connectivity index is 0.000000628. The van der Waals surface area contributed by atoms with Crippen LogP contribution in [0, 0.1) is 0 Å². The van der Waals surface area contributed by atoms with Crippen LogP contribution < -0.4 is 9.47 Å². The molecule has 0 saturated carbocycles. The summed E-state index contributed by atoms with van der Waals surface area (Å²) in [7, 11) is 1.32. The maximum atomic E-state index is 15.1. The van der Waals surface area contributed by atoms with E-state index in [0.717, 1.165) is 24.7 Å². The Bertz CT molecular complexity index is 951. The molecule has 1 heterocycles. The van der Waals surface area contributed by atoms with Crippen LogP contribution in [0.2, 0.25) is 0 Å². The van der Waals surface area contributed by atoms with Crippen LogP contribution in [0.3, 0.4) is 0 Å². The summed E-state index contributed by atoms with van der Waals surface area (Å²) >= 11 is 0. The number of fused-ring (bicyclic) bond motifs is 2. The van der Waals surface area contributed by atoms with Crippen molar-refractivity contribution in [2.75, 3.05) is 13.7 Å². The Hall–Kier alpha value is -2.67. The number of rotatable bonds is 5. The number of aliphatic carboxylic acids is 1. The van der Waals surface area contributed by atoms with E-state index in [0.29, 0.717) is 30.8 Å². The molecule has 0 amide bonds. The highest BCUT2D eigenvalue weighted by Crippen LogP contribution is 2.47.